The van der Waals surface area contributed by atoms with Gasteiger partial charge in [-0.15, -0.1) is 0 Å². The van der Waals surface area contributed by atoms with Crippen molar-refractivity contribution in [1.82, 2.24) is 14.5 Å². The monoisotopic (exact) mass is 270 g/mol. The van der Waals surface area contributed by atoms with Crippen molar-refractivity contribution in [3.05, 3.63) is 54.2 Å². The van der Waals surface area contributed by atoms with Crippen LogP contribution in [0.2, 0.25) is 0 Å². The van der Waals surface area contributed by atoms with Gasteiger partial charge in [-0.1, -0.05) is 18.2 Å². The molecule has 0 aliphatic heterocycles. The molecule has 5 heteroatoms. The van der Waals surface area contributed by atoms with Gasteiger partial charge in [0, 0.05) is 13.1 Å². The van der Waals surface area contributed by atoms with Gasteiger partial charge < -0.3 is 9.88 Å². The first kappa shape index (κ1) is 12.6. The van der Waals surface area contributed by atoms with E-state index in [1.807, 2.05) is 25.1 Å². The molecule has 3 aromatic rings. The average Bonchev–Trinajstić information content (AvgIpc) is 2.75. The number of fused-ring (bicyclic) bond motifs is 1. The summed E-state index contributed by atoms with van der Waals surface area (Å²) >= 11 is 0. The SMILES string of the molecule is Cc1nc2ccccc2n1CCNc1cccc(F)n1. The van der Waals surface area contributed by atoms with Crippen LogP contribution in [0.15, 0.2) is 42.5 Å². The molecular weight excluding hydrogens is 255 g/mol. The number of hydrogen-bond acceptors (Lipinski definition) is 3. The van der Waals surface area contributed by atoms with Crippen molar-refractivity contribution in [3.63, 3.8) is 0 Å². The minimum atomic E-state index is -0.473. The molecule has 0 atom stereocenters. The summed E-state index contributed by atoms with van der Waals surface area (Å²) < 4.78 is 15.1. The lowest BCUT2D eigenvalue weighted by Gasteiger charge is -2.08. The Labute approximate surface area is 116 Å². The third-order valence-electron chi connectivity index (χ3n) is 3.20. The summed E-state index contributed by atoms with van der Waals surface area (Å²) in [4.78, 5) is 8.29. The maximum Gasteiger partial charge on any atom is 0.214 e. The van der Waals surface area contributed by atoms with Gasteiger partial charge in [-0.05, 0) is 31.2 Å². The van der Waals surface area contributed by atoms with Crippen molar-refractivity contribution in [2.24, 2.45) is 0 Å². The van der Waals surface area contributed by atoms with E-state index < -0.39 is 5.95 Å². The van der Waals surface area contributed by atoms with Gasteiger partial charge in [0.2, 0.25) is 5.95 Å². The fourth-order valence-electron chi connectivity index (χ4n) is 2.28. The van der Waals surface area contributed by atoms with Crippen molar-refractivity contribution in [3.8, 4) is 0 Å². The number of anilines is 1. The number of benzene rings is 1. The first-order valence-corrected chi connectivity index (χ1v) is 6.52. The van der Waals surface area contributed by atoms with Crippen LogP contribution in [0, 0.1) is 12.9 Å². The van der Waals surface area contributed by atoms with E-state index in [0.717, 1.165) is 23.4 Å². The summed E-state index contributed by atoms with van der Waals surface area (Å²) in [6, 6.07) is 12.8. The molecule has 1 N–H and O–H groups in total. The van der Waals surface area contributed by atoms with E-state index in [1.54, 1.807) is 12.1 Å². The Bertz CT molecular complexity index is 736. The Morgan fingerprint density at radius 1 is 1.10 bits per heavy atom. The molecule has 102 valence electrons. The first-order chi connectivity index (χ1) is 9.74. The second-order valence-electron chi connectivity index (χ2n) is 4.57. The third-order valence-corrected chi connectivity index (χ3v) is 3.20. The summed E-state index contributed by atoms with van der Waals surface area (Å²) in [6.45, 7) is 3.41. The van der Waals surface area contributed by atoms with Gasteiger partial charge in [-0.3, -0.25) is 0 Å². The van der Waals surface area contributed by atoms with Crippen LogP contribution in [-0.4, -0.2) is 21.1 Å². The van der Waals surface area contributed by atoms with Gasteiger partial charge in [-0.25, -0.2) is 9.97 Å². The second-order valence-corrected chi connectivity index (χ2v) is 4.57. The Balaban J connectivity index is 1.73. The van der Waals surface area contributed by atoms with Gasteiger partial charge in [-0.2, -0.15) is 4.39 Å². The van der Waals surface area contributed by atoms with Crippen molar-refractivity contribution in [2.75, 3.05) is 11.9 Å². The van der Waals surface area contributed by atoms with E-state index in [0.29, 0.717) is 12.4 Å². The Kier molecular flexibility index (Phi) is 3.33. The van der Waals surface area contributed by atoms with Crippen LogP contribution in [0.5, 0.6) is 0 Å². The lowest BCUT2D eigenvalue weighted by Crippen LogP contribution is -2.12. The molecule has 0 saturated heterocycles. The summed E-state index contributed by atoms with van der Waals surface area (Å²) in [6.07, 6.45) is 0. The van der Waals surface area contributed by atoms with Crippen LogP contribution in [-0.2, 0) is 6.54 Å². The summed E-state index contributed by atoms with van der Waals surface area (Å²) in [5.41, 5.74) is 2.10. The molecule has 0 aliphatic carbocycles. The van der Waals surface area contributed by atoms with Gasteiger partial charge in [0.25, 0.3) is 0 Å². The number of aryl methyl sites for hydroxylation is 1. The zero-order chi connectivity index (χ0) is 13.9. The number of hydrogen-bond donors (Lipinski definition) is 1. The highest BCUT2D eigenvalue weighted by Gasteiger charge is 2.06. The molecule has 20 heavy (non-hydrogen) atoms. The standard InChI is InChI=1S/C15H15FN4/c1-11-18-12-5-2-3-6-13(12)20(11)10-9-17-15-8-4-7-14(16)19-15/h2-8H,9-10H2,1H3,(H,17,19). The van der Waals surface area contributed by atoms with Crippen LogP contribution >= 0.6 is 0 Å². The average molecular weight is 270 g/mol. The number of nitrogens with one attached hydrogen (secondary N) is 1. The molecule has 0 spiro atoms. The van der Waals surface area contributed by atoms with Crippen molar-refractivity contribution >= 4 is 16.9 Å². The van der Waals surface area contributed by atoms with Crippen LogP contribution < -0.4 is 5.32 Å². The zero-order valence-corrected chi connectivity index (χ0v) is 11.2. The first-order valence-electron chi connectivity index (χ1n) is 6.52. The molecule has 2 aromatic heterocycles. The number of aromatic nitrogens is 3. The molecule has 1 aromatic carbocycles. The van der Waals surface area contributed by atoms with E-state index in [-0.39, 0.29) is 0 Å². The van der Waals surface area contributed by atoms with E-state index in [4.69, 9.17) is 0 Å². The number of rotatable bonds is 4. The fourth-order valence-corrected chi connectivity index (χ4v) is 2.28. The molecule has 0 unspecified atom stereocenters. The third kappa shape index (κ3) is 2.47. The number of halogens is 1. The Morgan fingerprint density at radius 2 is 1.95 bits per heavy atom. The molecule has 0 amide bonds. The quantitative estimate of drug-likeness (QED) is 0.741. The zero-order valence-electron chi connectivity index (χ0n) is 11.2. The number of pyridine rings is 1. The number of imidazole rings is 1. The number of para-hydroxylation sites is 2. The molecule has 0 fully saturated rings. The molecule has 4 nitrogen and oxygen atoms in total. The summed E-state index contributed by atoms with van der Waals surface area (Å²) in [5.74, 6) is 1.05. The number of nitrogens with zero attached hydrogens (tertiary/aromatic N) is 3. The van der Waals surface area contributed by atoms with E-state index >= 15 is 0 Å². The predicted octanol–water partition coefficient (Wildman–Crippen LogP) is 2.99. The van der Waals surface area contributed by atoms with E-state index in [9.17, 15) is 4.39 Å². The molecule has 0 aliphatic rings. The highest BCUT2D eigenvalue weighted by molar-refractivity contribution is 5.75. The Hall–Kier alpha value is -2.43. The Morgan fingerprint density at radius 3 is 2.80 bits per heavy atom. The van der Waals surface area contributed by atoms with Gasteiger partial charge in [0.05, 0.1) is 11.0 Å². The van der Waals surface area contributed by atoms with Crippen LogP contribution in [0.1, 0.15) is 5.82 Å². The van der Waals surface area contributed by atoms with Crippen molar-refractivity contribution < 1.29 is 4.39 Å². The smallest absolute Gasteiger partial charge is 0.214 e. The van der Waals surface area contributed by atoms with Gasteiger partial charge >= 0.3 is 0 Å². The molecular formula is C15H15FN4. The normalized spacial score (nSPS) is 10.9. The second kappa shape index (κ2) is 5.28. The summed E-state index contributed by atoms with van der Waals surface area (Å²) in [7, 11) is 0. The molecule has 2 heterocycles. The molecule has 0 saturated carbocycles. The van der Waals surface area contributed by atoms with E-state index in [1.165, 1.54) is 6.07 Å². The molecule has 0 bridgehead atoms. The highest BCUT2D eigenvalue weighted by Crippen LogP contribution is 2.15. The van der Waals surface area contributed by atoms with Crippen molar-refractivity contribution in [2.45, 2.75) is 13.5 Å². The lowest BCUT2D eigenvalue weighted by atomic mass is 10.3. The minimum absolute atomic E-state index is 0.473. The highest BCUT2D eigenvalue weighted by atomic mass is 19.1. The topological polar surface area (TPSA) is 42.7 Å². The van der Waals surface area contributed by atoms with Crippen LogP contribution in [0.25, 0.3) is 11.0 Å². The van der Waals surface area contributed by atoms with Crippen LogP contribution in [0.4, 0.5) is 10.2 Å². The van der Waals surface area contributed by atoms with E-state index in [2.05, 4.69) is 25.9 Å². The molecule has 0 radical (unpaired) electrons. The van der Waals surface area contributed by atoms with Crippen LogP contribution in [0.3, 0.4) is 0 Å². The minimum Gasteiger partial charge on any atom is -0.368 e. The summed E-state index contributed by atoms with van der Waals surface area (Å²) in [5, 5.41) is 3.12. The molecule has 3 rings (SSSR count). The van der Waals surface area contributed by atoms with Crippen molar-refractivity contribution in [1.29, 1.82) is 0 Å². The van der Waals surface area contributed by atoms with Gasteiger partial charge in [0.15, 0.2) is 0 Å². The maximum atomic E-state index is 13.0. The maximum absolute atomic E-state index is 13.0. The largest absolute Gasteiger partial charge is 0.368 e. The fraction of sp³-hybridized carbons (Fsp3) is 0.200. The predicted molar refractivity (Wildman–Crippen MR) is 77.2 cm³/mol. The van der Waals surface area contributed by atoms with Gasteiger partial charge in [0.1, 0.15) is 11.6 Å². The lowest BCUT2D eigenvalue weighted by molar-refractivity contribution is 0.584.